The van der Waals surface area contributed by atoms with Crippen molar-refractivity contribution in [3.05, 3.63) is 47.5 Å². The van der Waals surface area contributed by atoms with Gasteiger partial charge < -0.3 is 10.7 Å². The number of rotatable bonds is 4. The number of benzene rings is 1. The second-order valence-electron chi connectivity index (χ2n) is 3.92. The van der Waals surface area contributed by atoms with Crippen LogP contribution in [0.2, 0.25) is 0 Å². The molecular weight excluding hydrogens is 295 g/mol. The zero-order chi connectivity index (χ0) is 14.9. The van der Waals surface area contributed by atoms with E-state index >= 15 is 0 Å². The second-order valence-corrected chi connectivity index (χ2v) is 5.60. The van der Waals surface area contributed by atoms with E-state index in [1.807, 2.05) is 0 Å². The summed E-state index contributed by atoms with van der Waals surface area (Å²) in [5, 5.41) is 0. The molecule has 0 fully saturated rings. The lowest BCUT2D eigenvalue weighted by atomic mass is 10.3. The number of aromatic nitrogens is 1. The van der Waals surface area contributed by atoms with Crippen molar-refractivity contribution in [1.29, 1.82) is 0 Å². The van der Waals surface area contributed by atoms with Crippen LogP contribution in [0.3, 0.4) is 0 Å². The van der Waals surface area contributed by atoms with Crippen molar-refractivity contribution in [2.75, 3.05) is 4.72 Å². The van der Waals surface area contributed by atoms with Crippen LogP contribution in [0.25, 0.3) is 0 Å². The minimum atomic E-state index is -4.17. The van der Waals surface area contributed by atoms with Gasteiger partial charge in [0, 0.05) is 30.6 Å². The molecule has 4 N–H and O–H groups in total. The summed E-state index contributed by atoms with van der Waals surface area (Å²) < 4.78 is 65.0. The van der Waals surface area contributed by atoms with Gasteiger partial charge in [0.05, 0.1) is 5.69 Å². The third-order valence-corrected chi connectivity index (χ3v) is 3.83. The van der Waals surface area contributed by atoms with E-state index in [2.05, 4.69) is 4.98 Å². The Morgan fingerprint density at radius 3 is 2.50 bits per heavy atom. The van der Waals surface area contributed by atoms with Gasteiger partial charge in [-0.1, -0.05) is 0 Å². The minimum absolute atomic E-state index is 0.0818. The highest BCUT2D eigenvalue weighted by Crippen LogP contribution is 2.22. The Morgan fingerprint density at radius 1 is 1.20 bits per heavy atom. The molecule has 0 saturated carbocycles. The lowest BCUT2D eigenvalue weighted by Crippen LogP contribution is -2.14. The van der Waals surface area contributed by atoms with E-state index < -0.39 is 33.2 Å². The van der Waals surface area contributed by atoms with Crippen molar-refractivity contribution in [2.45, 2.75) is 11.4 Å². The standard InChI is InChI=1S/C11H10F3N3O2S/c12-6-1-9(13)11(14)10(2-6)17-20(18,19)8-3-7(4-15)16-5-8/h1-3,5,16-17H,4,15H2. The maximum atomic E-state index is 13.4. The van der Waals surface area contributed by atoms with Gasteiger partial charge in [0.15, 0.2) is 11.6 Å². The first kappa shape index (κ1) is 14.4. The fourth-order valence-corrected chi connectivity index (χ4v) is 2.59. The van der Waals surface area contributed by atoms with Crippen LogP contribution < -0.4 is 10.5 Å². The van der Waals surface area contributed by atoms with Crippen LogP contribution in [-0.2, 0) is 16.6 Å². The van der Waals surface area contributed by atoms with E-state index in [0.717, 1.165) is 6.20 Å². The van der Waals surface area contributed by atoms with Gasteiger partial charge in [-0.2, -0.15) is 0 Å². The number of anilines is 1. The zero-order valence-electron chi connectivity index (χ0n) is 9.95. The number of hydrogen-bond acceptors (Lipinski definition) is 3. The number of hydrogen-bond donors (Lipinski definition) is 3. The molecule has 0 aliphatic rings. The van der Waals surface area contributed by atoms with E-state index in [0.29, 0.717) is 17.8 Å². The number of aromatic amines is 1. The normalized spacial score (nSPS) is 11.6. The molecule has 1 aromatic carbocycles. The summed E-state index contributed by atoms with van der Waals surface area (Å²) in [4.78, 5) is 2.38. The lowest BCUT2D eigenvalue weighted by Gasteiger charge is -2.08. The predicted molar refractivity (Wildman–Crippen MR) is 65.8 cm³/mol. The SMILES string of the molecule is NCc1cc(S(=O)(=O)Nc2cc(F)cc(F)c2F)c[nH]1. The van der Waals surface area contributed by atoms with Gasteiger partial charge in [-0.25, -0.2) is 21.6 Å². The van der Waals surface area contributed by atoms with Gasteiger partial charge in [0.25, 0.3) is 10.0 Å². The lowest BCUT2D eigenvalue weighted by molar-refractivity contribution is 0.498. The summed E-state index contributed by atoms with van der Waals surface area (Å²) in [6, 6.07) is 2.10. The third-order valence-electron chi connectivity index (χ3n) is 2.48. The van der Waals surface area contributed by atoms with Crippen LogP contribution in [0.1, 0.15) is 5.69 Å². The molecule has 0 saturated heterocycles. The molecule has 20 heavy (non-hydrogen) atoms. The average molecular weight is 305 g/mol. The summed E-state index contributed by atoms with van der Waals surface area (Å²) in [7, 11) is -4.17. The number of nitrogens with two attached hydrogens (primary N) is 1. The van der Waals surface area contributed by atoms with Crippen LogP contribution >= 0.6 is 0 Å². The third kappa shape index (κ3) is 2.78. The molecule has 2 aromatic rings. The highest BCUT2D eigenvalue weighted by Gasteiger charge is 2.20. The van der Waals surface area contributed by atoms with Crippen LogP contribution in [0.15, 0.2) is 29.3 Å². The number of H-pyrrole nitrogens is 1. The molecule has 1 aromatic heterocycles. The highest BCUT2D eigenvalue weighted by atomic mass is 32.2. The molecule has 0 bridgehead atoms. The van der Waals surface area contributed by atoms with Crippen LogP contribution in [0, 0.1) is 17.5 Å². The van der Waals surface area contributed by atoms with Gasteiger partial charge in [-0.05, 0) is 6.07 Å². The minimum Gasteiger partial charge on any atom is -0.363 e. The maximum Gasteiger partial charge on any atom is 0.263 e. The molecule has 0 spiro atoms. The first-order chi connectivity index (χ1) is 9.33. The van der Waals surface area contributed by atoms with E-state index in [9.17, 15) is 21.6 Å². The zero-order valence-corrected chi connectivity index (χ0v) is 10.8. The Hall–Kier alpha value is -2.00. The predicted octanol–water partition coefficient (Wildman–Crippen LogP) is 1.69. The van der Waals surface area contributed by atoms with Crippen molar-refractivity contribution in [1.82, 2.24) is 4.98 Å². The Bertz CT molecular complexity index is 743. The summed E-state index contributed by atoms with van der Waals surface area (Å²) >= 11 is 0. The molecule has 1 heterocycles. The smallest absolute Gasteiger partial charge is 0.263 e. The molecular formula is C11H10F3N3O2S. The van der Waals surface area contributed by atoms with E-state index in [-0.39, 0.29) is 11.4 Å². The largest absolute Gasteiger partial charge is 0.363 e. The van der Waals surface area contributed by atoms with Crippen LogP contribution in [0.5, 0.6) is 0 Å². The molecule has 5 nitrogen and oxygen atoms in total. The summed E-state index contributed by atoms with van der Waals surface area (Å²) in [6.45, 7) is 0.0818. The van der Waals surface area contributed by atoms with Gasteiger partial charge in [-0.15, -0.1) is 0 Å². The fraction of sp³-hybridized carbons (Fsp3) is 0.0909. The molecule has 0 amide bonds. The van der Waals surface area contributed by atoms with Gasteiger partial charge in [-0.3, -0.25) is 4.72 Å². The average Bonchev–Trinajstić information content (AvgIpc) is 2.84. The Kier molecular flexibility index (Phi) is 3.73. The Labute approximate surface area is 112 Å². The van der Waals surface area contributed by atoms with Crippen molar-refractivity contribution in [3.8, 4) is 0 Å². The van der Waals surface area contributed by atoms with E-state index in [1.54, 1.807) is 4.72 Å². The number of nitrogens with one attached hydrogen (secondary N) is 2. The molecule has 2 rings (SSSR count). The molecule has 0 aliphatic carbocycles. The Morgan fingerprint density at radius 2 is 1.90 bits per heavy atom. The number of halogens is 3. The summed E-state index contributed by atoms with van der Waals surface area (Å²) in [5.74, 6) is -4.07. The van der Waals surface area contributed by atoms with Crippen LogP contribution in [-0.4, -0.2) is 13.4 Å². The quantitative estimate of drug-likeness (QED) is 0.751. The fourth-order valence-electron chi connectivity index (χ4n) is 1.53. The van der Waals surface area contributed by atoms with Gasteiger partial charge in [0.2, 0.25) is 0 Å². The summed E-state index contributed by atoms with van der Waals surface area (Å²) in [6.07, 6.45) is 1.14. The molecule has 0 unspecified atom stereocenters. The molecule has 0 radical (unpaired) electrons. The van der Waals surface area contributed by atoms with Crippen molar-refractivity contribution < 1.29 is 21.6 Å². The molecule has 108 valence electrons. The van der Waals surface area contributed by atoms with E-state index in [1.165, 1.54) is 6.07 Å². The second kappa shape index (κ2) is 5.17. The van der Waals surface area contributed by atoms with Gasteiger partial charge in [0.1, 0.15) is 10.7 Å². The van der Waals surface area contributed by atoms with Crippen molar-refractivity contribution >= 4 is 15.7 Å². The Balaban J connectivity index is 2.38. The first-order valence-corrected chi connectivity index (χ1v) is 6.86. The first-order valence-electron chi connectivity index (χ1n) is 5.38. The van der Waals surface area contributed by atoms with Gasteiger partial charge >= 0.3 is 0 Å². The highest BCUT2D eigenvalue weighted by molar-refractivity contribution is 7.92. The van der Waals surface area contributed by atoms with E-state index in [4.69, 9.17) is 5.73 Å². The number of sulfonamides is 1. The topological polar surface area (TPSA) is 88.0 Å². The molecule has 0 atom stereocenters. The molecule has 9 heteroatoms. The maximum absolute atomic E-state index is 13.4. The summed E-state index contributed by atoms with van der Waals surface area (Å²) in [5.41, 5.74) is 4.95. The van der Waals surface area contributed by atoms with Crippen LogP contribution in [0.4, 0.5) is 18.9 Å². The van der Waals surface area contributed by atoms with Crippen molar-refractivity contribution in [3.63, 3.8) is 0 Å². The monoisotopic (exact) mass is 305 g/mol. The molecule has 0 aliphatic heterocycles. The van der Waals surface area contributed by atoms with Crippen molar-refractivity contribution in [2.24, 2.45) is 5.73 Å².